The molecule has 1 aromatic carbocycles. The van der Waals surface area contributed by atoms with Gasteiger partial charge < -0.3 is 19.2 Å². The largest absolute Gasteiger partial charge is 0.337 e. The molecule has 1 aliphatic rings. The number of halogens is 1. The molecule has 1 aliphatic heterocycles. The van der Waals surface area contributed by atoms with Gasteiger partial charge in [-0.15, -0.1) is 0 Å². The van der Waals surface area contributed by atoms with Crippen LogP contribution in [-0.4, -0.2) is 42.8 Å². The normalized spacial score (nSPS) is 13.5. The number of amides is 1. The molecule has 1 N–H and O–H groups in total. The number of carbonyl (C=O) groups excluding carboxylic acids is 1. The predicted octanol–water partition coefficient (Wildman–Crippen LogP) is 3.56. The molecular weight excluding hydrogens is 424 g/mol. The molecule has 3 aromatic heterocycles. The molecule has 7 nitrogen and oxygen atoms in total. The van der Waals surface area contributed by atoms with Crippen LogP contribution in [-0.2, 0) is 26.1 Å². The van der Waals surface area contributed by atoms with E-state index in [0.717, 1.165) is 37.3 Å². The van der Waals surface area contributed by atoms with Crippen LogP contribution in [0.3, 0.4) is 0 Å². The lowest BCUT2D eigenvalue weighted by atomic mass is 9.99. The minimum Gasteiger partial charge on any atom is -0.337 e. The van der Waals surface area contributed by atoms with E-state index in [1.807, 2.05) is 40.2 Å². The fourth-order valence-corrected chi connectivity index (χ4v) is 4.40. The van der Waals surface area contributed by atoms with E-state index in [2.05, 4.69) is 38.1 Å². The van der Waals surface area contributed by atoms with Gasteiger partial charge in [-0.3, -0.25) is 4.79 Å². The number of aromatic nitrogens is 4. The zero-order valence-corrected chi connectivity index (χ0v) is 18.5. The standard InChI is InChI=1S/C24H25ClN6O/c25-20-6-7-22-28-23(24(32)30-12-8-18-4-1-2-5-19(18)15-30)21(31(22)16-20)14-26-9-3-11-29-13-10-27-17-29/h1-2,4-7,10,13,16-17,26H,3,8-9,11-12,14-15H2. The summed E-state index contributed by atoms with van der Waals surface area (Å²) in [6.07, 6.45) is 9.21. The summed E-state index contributed by atoms with van der Waals surface area (Å²) in [6.45, 7) is 3.56. The van der Waals surface area contributed by atoms with Crippen molar-refractivity contribution in [2.24, 2.45) is 0 Å². The van der Waals surface area contributed by atoms with Gasteiger partial charge in [0.05, 0.1) is 17.0 Å². The van der Waals surface area contributed by atoms with Gasteiger partial charge in [-0.1, -0.05) is 35.9 Å². The van der Waals surface area contributed by atoms with E-state index in [1.54, 1.807) is 12.3 Å². The number of nitrogens with one attached hydrogen (secondary N) is 1. The second kappa shape index (κ2) is 9.14. The van der Waals surface area contributed by atoms with Crippen LogP contribution in [0.25, 0.3) is 5.65 Å². The maximum atomic E-state index is 13.5. The number of aryl methyl sites for hydroxylation is 1. The van der Waals surface area contributed by atoms with Crippen LogP contribution in [0, 0.1) is 0 Å². The first kappa shape index (κ1) is 20.7. The number of benzene rings is 1. The Kier molecular flexibility index (Phi) is 5.92. The van der Waals surface area contributed by atoms with Gasteiger partial charge in [0, 0.05) is 44.8 Å². The van der Waals surface area contributed by atoms with Crippen molar-refractivity contribution in [1.29, 1.82) is 0 Å². The van der Waals surface area contributed by atoms with Crippen molar-refractivity contribution in [3.8, 4) is 0 Å². The maximum absolute atomic E-state index is 13.5. The van der Waals surface area contributed by atoms with Crippen molar-refractivity contribution in [2.75, 3.05) is 13.1 Å². The van der Waals surface area contributed by atoms with E-state index in [0.29, 0.717) is 30.4 Å². The van der Waals surface area contributed by atoms with E-state index in [-0.39, 0.29) is 5.91 Å². The number of pyridine rings is 1. The molecule has 8 heteroatoms. The minimum absolute atomic E-state index is 0.0328. The molecule has 0 spiro atoms. The lowest BCUT2D eigenvalue weighted by Gasteiger charge is -2.28. The minimum atomic E-state index is -0.0328. The highest BCUT2D eigenvalue weighted by Crippen LogP contribution is 2.23. The molecule has 164 valence electrons. The number of hydrogen-bond acceptors (Lipinski definition) is 4. The summed E-state index contributed by atoms with van der Waals surface area (Å²) >= 11 is 6.25. The highest BCUT2D eigenvalue weighted by atomic mass is 35.5. The van der Waals surface area contributed by atoms with Crippen molar-refractivity contribution in [2.45, 2.75) is 32.5 Å². The molecular formula is C24H25ClN6O. The molecule has 0 saturated heterocycles. The highest BCUT2D eigenvalue weighted by molar-refractivity contribution is 6.30. The Bertz CT molecular complexity index is 1230. The number of rotatable bonds is 7. The first-order valence-corrected chi connectivity index (χ1v) is 11.3. The number of carbonyl (C=O) groups is 1. The summed E-state index contributed by atoms with van der Waals surface area (Å²) < 4.78 is 3.98. The molecule has 1 amide bonds. The van der Waals surface area contributed by atoms with E-state index < -0.39 is 0 Å². The average Bonchev–Trinajstić information content (AvgIpc) is 3.46. The van der Waals surface area contributed by atoms with Crippen molar-refractivity contribution in [1.82, 2.24) is 29.2 Å². The third-order valence-electron chi connectivity index (χ3n) is 5.92. The van der Waals surface area contributed by atoms with Gasteiger partial charge in [0.15, 0.2) is 5.69 Å². The number of hydrogen-bond donors (Lipinski definition) is 1. The van der Waals surface area contributed by atoms with Crippen LogP contribution in [0.4, 0.5) is 0 Å². The quantitative estimate of drug-likeness (QED) is 0.439. The van der Waals surface area contributed by atoms with Gasteiger partial charge in [-0.25, -0.2) is 9.97 Å². The molecule has 5 rings (SSSR count). The Morgan fingerprint density at radius 1 is 1.16 bits per heavy atom. The highest BCUT2D eigenvalue weighted by Gasteiger charge is 2.26. The fraction of sp³-hybridized carbons (Fsp3) is 0.292. The van der Waals surface area contributed by atoms with Gasteiger partial charge in [-0.05, 0) is 42.6 Å². The summed E-state index contributed by atoms with van der Waals surface area (Å²) in [5.41, 5.74) is 4.59. The Morgan fingerprint density at radius 3 is 2.88 bits per heavy atom. The van der Waals surface area contributed by atoms with Crippen LogP contribution in [0.2, 0.25) is 5.02 Å². The van der Waals surface area contributed by atoms with Crippen molar-refractivity contribution < 1.29 is 4.79 Å². The van der Waals surface area contributed by atoms with Gasteiger partial charge >= 0.3 is 0 Å². The Morgan fingerprint density at radius 2 is 2.03 bits per heavy atom. The zero-order chi connectivity index (χ0) is 21.9. The number of fused-ring (bicyclic) bond motifs is 2. The maximum Gasteiger partial charge on any atom is 0.274 e. The smallest absolute Gasteiger partial charge is 0.274 e. The van der Waals surface area contributed by atoms with Crippen LogP contribution in [0.5, 0.6) is 0 Å². The molecule has 0 saturated carbocycles. The summed E-state index contributed by atoms with van der Waals surface area (Å²) in [4.78, 5) is 24.2. The van der Waals surface area contributed by atoms with E-state index in [4.69, 9.17) is 11.6 Å². The Hall–Kier alpha value is -3.16. The molecule has 0 bridgehead atoms. The van der Waals surface area contributed by atoms with E-state index in [9.17, 15) is 4.79 Å². The lowest BCUT2D eigenvalue weighted by molar-refractivity contribution is 0.0728. The van der Waals surface area contributed by atoms with E-state index >= 15 is 0 Å². The lowest BCUT2D eigenvalue weighted by Crippen LogP contribution is -2.37. The SMILES string of the molecule is O=C(c1nc2ccc(Cl)cn2c1CNCCCn1ccnc1)N1CCc2ccccc2C1. The Labute approximate surface area is 191 Å². The van der Waals surface area contributed by atoms with Crippen LogP contribution in [0.15, 0.2) is 61.3 Å². The number of imidazole rings is 2. The van der Waals surface area contributed by atoms with Gasteiger partial charge in [0.1, 0.15) is 5.65 Å². The third-order valence-corrected chi connectivity index (χ3v) is 6.15. The topological polar surface area (TPSA) is 67.5 Å². The first-order chi connectivity index (χ1) is 15.7. The second-order valence-corrected chi connectivity index (χ2v) is 8.50. The van der Waals surface area contributed by atoms with Gasteiger partial charge in [0.2, 0.25) is 0 Å². The van der Waals surface area contributed by atoms with Gasteiger partial charge in [0.25, 0.3) is 5.91 Å². The van der Waals surface area contributed by atoms with Crippen molar-refractivity contribution in [3.63, 3.8) is 0 Å². The molecule has 4 heterocycles. The van der Waals surface area contributed by atoms with Gasteiger partial charge in [-0.2, -0.15) is 0 Å². The van der Waals surface area contributed by atoms with Crippen LogP contribution in [0.1, 0.15) is 33.7 Å². The number of nitrogens with zero attached hydrogens (tertiary/aromatic N) is 5. The van der Waals surface area contributed by atoms with Crippen molar-refractivity contribution in [3.05, 3.63) is 88.9 Å². The molecule has 32 heavy (non-hydrogen) atoms. The van der Waals surface area contributed by atoms with Crippen molar-refractivity contribution >= 4 is 23.2 Å². The summed E-state index contributed by atoms with van der Waals surface area (Å²) in [5.74, 6) is -0.0328. The monoisotopic (exact) mass is 448 g/mol. The molecule has 0 radical (unpaired) electrons. The molecule has 0 atom stereocenters. The molecule has 0 unspecified atom stereocenters. The fourth-order valence-electron chi connectivity index (χ4n) is 4.24. The van der Waals surface area contributed by atoms with E-state index in [1.165, 1.54) is 11.1 Å². The third kappa shape index (κ3) is 4.26. The molecule has 4 aromatic rings. The summed E-state index contributed by atoms with van der Waals surface area (Å²) in [5, 5.41) is 4.08. The van der Waals surface area contributed by atoms with Crippen LogP contribution >= 0.6 is 11.6 Å². The average molecular weight is 449 g/mol. The Balaban J connectivity index is 1.34. The summed E-state index contributed by atoms with van der Waals surface area (Å²) in [7, 11) is 0. The zero-order valence-electron chi connectivity index (χ0n) is 17.7. The summed E-state index contributed by atoms with van der Waals surface area (Å²) in [6, 6.07) is 12.0. The van der Waals surface area contributed by atoms with Crippen LogP contribution < -0.4 is 5.32 Å². The second-order valence-electron chi connectivity index (χ2n) is 8.06. The molecule has 0 fully saturated rings. The predicted molar refractivity (Wildman–Crippen MR) is 124 cm³/mol. The molecule has 0 aliphatic carbocycles. The first-order valence-electron chi connectivity index (χ1n) is 10.9.